The number of terminal acetylenes is 1. The highest BCUT2D eigenvalue weighted by Gasteiger charge is 2.29. The van der Waals surface area contributed by atoms with Crippen molar-refractivity contribution < 1.29 is 18.0 Å². The summed E-state index contributed by atoms with van der Waals surface area (Å²) in [6, 6.07) is 4.38. The lowest BCUT2D eigenvalue weighted by Gasteiger charge is -2.11. The molecule has 0 heterocycles. The Morgan fingerprint density at radius 1 is 1.37 bits per heavy atom. The van der Waals surface area contributed by atoms with E-state index in [1.807, 2.05) is 0 Å². The lowest BCUT2D eigenvalue weighted by Crippen LogP contribution is -2.33. The molecule has 5 heteroatoms. The van der Waals surface area contributed by atoms with Gasteiger partial charge in [-0.3, -0.25) is 4.79 Å². The average molecular weight is 269 g/mol. The van der Waals surface area contributed by atoms with Crippen LogP contribution in [-0.2, 0) is 17.4 Å². The van der Waals surface area contributed by atoms with Crippen molar-refractivity contribution in [1.29, 1.82) is 0 Å². The normalized spacial score (nSPS) is 12.6. The molecule has 0 aliphatic carbocycles. The minimum absolute atomic E-state index is 0.0348. The van der Waals surface area contributed by atoms with Crippen molar-refractivity contribution in [2.45, 2.75) is 32.0 Å². The monoisotopic (exact) mass is 269 g/mol. The van der Waals surface area contributed by atoms with Gasteiger partial charge in [-0.1, -0.05) is 12.1 Å². The zero-order valence-corrected chi connectivity index (χ0v) is 10.4. The van der Waals surface area contributed by atoms with Crippen LogP contribution in [0, 0.1) is 12.3 Å². The average Bonchev–Trinajstić information content (AvgIpc) is 2.28. The summed E-state index contributed by atoms with van der Waals surface area (Å²) < 4.78 is 37.0. The molecule has 1 rings (SSSR count). The van der Waals surface area contributed by atoms with E-state index in [-0.39, 0.29) is 18.4 Å². The first kappa shape index (κ1) is 15.1. The lowest BCUT2D eigenvalue weighted by atomic mass is 10.1. The van der Waals surface area contributed by atoms with Gasteiger partial charge in [0.1, 0.15) is 0 Å². The van der Waals surface area contributed by atoms with Crippen LogP contribution in [0.3, 0.4) is 0 Å². The van der Waals surface area contributed by atoms with E-state index in [0.29, 0.717) is 12.0 Å². The molecule has 0 saturated carbocycles. The molecular weight excluding hydrogens is 255 g/mol. The molecule has 1 unspecified atom stereocenters. The molecule has 1 N–H and O–H groups in total. The highest BCUT2D eigenvalue weighted by atomic mass is 19.4. The first-order valence-electron chi connectivity index (χ1n) is 5.72. The molecule has 2 nitrogen and oxygen atoms in total. The Balaban J connectivity index is 2.59. The van der Waals surface area contributed by atoms with E-state index in [1.165, 1.54) is 12.1 Å². The second-order valence-electron chi connectivity index (χ2n) is 4.25. The molecule has 0 aliphatic heterocycles. The number of halogens is 3. The molecule has 0 fully saturated rings. The molecule has 0 spiro atoms. The Kier molecular flexibility index (Phi) is 4.99. The molecule has 102 valence electrons. The molecule has 19 heavy (non-hydrogen) atoms. The second-order valence-corrected chi connectivity index (χ2v) is 4.25. The third kappa shape index (κ3) is 5.04. The van der Waals surface area contributed by atoms with Crippen LogP contribution >= 0.6 is 0 Å². The number of rotatable bonds is 4. The van der Waals surface area contributed by atoms with Gasteiger partial charge in [0.15, 0.2) is 0 Å². The highest BCUT2D eigenvalue weighted by Crippen LogP contribution is 2.29. The standard InChI is InChI=1S/C14H14F3NO/c1-3-4-10(2)18-13(19)9-11-5-7-12(8-6-11)14(15,16)17/h1,5-8,10H,4,9H2,2H3,(H,18,19). The van der Waals surface area contributed by atoms with Crippen LogP contribution in [0.15, 0.2) is 24.3 Å². The topological polar surface area (TPSA) is 29.1 Å². The summed E-state index contributed by atoms with van der Waals surface area (Å²) in [4.78, 5) is 11.6. The van der Waals surface area contributed by atoms with E-state index in [1.54, 1.807) is 6.92 Å². The summed E-state index contributed by atoms with van der Waals surface area (Å²) in [5.74, 6) is 2.16. The van der Waals surface area contributed by atoms with Crippen molar-refractivity contribution in [2.75, 3.05) is 0 Å². The van der Waals surface area contributed by atoms with Gasteiger partial charge in [-0.15, -0.1) is 12.3 Å². The van der Waals surface area contributed by atoms with Crippen molar-refractivity contribution >= 4 is 5.91 Å². The van der Waals surface area contributed by atoms with Crippen molar-refractivity contribution in [3.63, 3.8) is 0 Å². The lowest BCUT2D eigenvalue weighted by molar-refractivity contribution is -0.137. The zero-order chi connectivity index (χ0) is 14.5. The molecule has 0 radical (unpaired) electrons. The van der Waals surface area contributed by atoms with Gasteiger partial charge in [0.05, 0.1) is 12.0 Å². The molecule has 0 aromatic heterocycles. The summed E-state index contributed by atoms with van der Waals surface area (Å²) >= 11 is 0. The van der Waals surface area contributed by atoms with Gasteiger partial charge < -0.3 is 5.32 Å². The minimum atomic E-state index is -4.36. The van der Waals surface area contributed by atoms with Gasteiger partial charge in [0.25, 0.3) is 0 Å². The number of nitrogens with one attached hydrogen (secondary N) is 1. The quantitative estimate of drug-likeness (QED) is 0.837. The molecule has 1 atom stereocenters. The predicted octanol–water partition coefficient (Wildman–Crippen LogP) is 2.78. The van der Waals surface area contributed by atoms with E-state index >= 15 is 0 Å². The van der Waals surface area contributed by atoms with Crippen molar-refractivity contribution in [1.82, 2.24) is 5.32 Å². The van der Waals surface area contributed by atoms with E-state index in [9.17, 15) is 18.0 Å². The van der Waals surface area contributed by atoms with E-state index in [2.05, 4.69) is 11.2 Å². The van der Waals surface area contributed by atoms with Gasteiger partial charge in [-0.25, -0.2) is 0 Å². The number of hydrogen-bond donors (Lipinski definition) is 1. The highest BCUT2D eigenvalue weighted by molar-refractivity contribution is 5.78. The molecule has 0 bridgehead atoms. The van der Waals surface area contributed by atoms with Crippen LogP contribution in [0.4, 0.5) is 13.2 Å². The van der Waals surface area contributed by atoms with Crippen molar-refractivity contribution in [2.24, 2.45) is 0 Å². The van der Waals surface area contributed by atoms with Crippen LogP contribution in [0.5, 0.6) is 0 Å². The van der Waals surface area contributed by atoms with Crippen molar-refractivity contribution in [3.8, 4) is 12.3 Å². The van der Waals surface area contributed by atoms with Crippen LogP contribution in [-0.4, -0.2) is 11.9 Å². The third-order valence-corrected chi connectivity index (χ3v) is 2.48. The summed E-state index contributed by atoms with van der Waals surface area (Å²) in [5, 5.41) is 2.67. The zero-order valence-electron chi connectivity index (χ0n) is 10.4. The fraction of sp³-hybridized carbons (Fsp3) is 0.357. The first-order chi connectivity index (χ1) is 8.82. The summed E-state index contributed by atoms with van der Waals surface area (Å²) in [7, 11) is 0. The Labute approximate surface area is 110 Å². The molecule has 1 aromatic carbocycles. The fourth-order valence-corrected chi connectivity index (χ4v) is 1.55. The summed E-state index contributed by atoms with van der Waals surface area (Å²) in [6.45, 7) is 1.77. The number of hydrogen-bond acceptors (Lipinski definition) is 1. The number of carbonyl (C=O) groups is 1. The molecular formula is C14H14F3NO. The maximum absolute atomic E-state index is 12.3. The maximum Gasteiger partial charge on any atom is 0.416 e. The first-order valence-corrected chi connectivity index (χ1v) is 5.72. The molecule has 0 aliphatic rings. The van der Waals surface area contributed by atoms with Gasteiger partial charge in [0.2, 0.25) is 5.91 Å². The largest absolute Gasteiger partial charge is 0.416 e. The second kappa shape index (κ2) is 6.28. The fourth-order valence-electron chi connectivity index (χ4n) is 1.55. The summed E-state index contributed by atoms with van der Waals surface area (Å²) in [6.07, 6.45) is 1.20. The third-order valence-electron chi connectivity index (χ3n) is 2.48. The number of benzene rings is 1. The Bertz CT molecular complexity index is 471. The van der Waals surface area contributed by atoms with Crippen LogP contribution in [0.2, 0.25) is 0 Å². The summed E-state index contributed by atoms with van der Waals surface area (Å²) in [5.41, 5.74) is -0.198. The number of amides is 1. The molecule has 1 amide bonds. The van der Waals surface area contributed by atoms with E-state index < -0.39 is 11.7 Å². The van der Waals surface area contributed by atoms with Gasteiger partial charge in [-0.05, 0) is 24.6 Å². The van der Waals surface area contributed by atoms with Crippen molar-refractivity contribution in [3.05, 3.63) is 35.4 Å². The number of alkyl halides is 3. The van der Waals surface area contributed by atoms with Gasteiger partial charge >= 0.3 is 6.18 Å². The maximum atomic E-state index is 12.3. The minimum Gasteiger partial charge on any atom is -0.352 e. The van der Waals surface area contributed by atoms with Crippen LogP contribution in [0.1, 0.15) is 24.5 Å². The number of carbonyl (C=O) groups excluding carboxylic acids is 1. The Morgan fingerprint density at radius 3 is 2.42 bits per heavy atom. The van der Waals surface area contributed by atoms with Crippen LogP contribution in [0.25, 0.3) is 0 Å². The Morgan fingerprint density at radius 2 is 1.95 bits per heavy atom. The van der Waals surface area contributed by atoms with E-state index in [4.69, 9.17) is 6.42 Å². The van der Waals surface area contributed by atoms with Gasteiger partial charge in [-0.2, -0.15) is 13.2 Å². The van der Waals surface area contributed by atoms with Crippen LogP contribution < -0.4 is 5.32 Å². The smallest absolute Gasteiger partial charge is 0.352 e. The van der Waals surface area contributed by atoms with Gasteiger partial charge in [0, 0.05) is 12.5 Å². The predicted molar refractivity (Wildman–Crippen MR) is 66.2 cm³/mol. The Hall–Kier alpha value is -1.96. The SMILES string of the molecule is C#CCC(C)NC(=O)Cc1ccc(C(F)(F)F)cc1. The van der Waals surface area contributed by atoms with E-state index in [0.717, 1.165) is 12.1 Å². The molecule has 1 aromatic rings. The molecule has 0 saturated heterocycles.